The molecule has 1 aliphatic rings. The van der Waals surface area contributed by atoms with E-state index in [1.54, 1.807) is 0 Å². The Morgan fingerprint density at radius 2 is 2.00 bits per heavy atom. The van der Waals surface area contributed by atoms with Crippen LogP contribution in [0.3, 0.4) is 0 Å². The highest BCUT2D eigenvalue weighted by molar-refractivity contribution is 7.87. The van der Waals surface area contributed by atoms with Crippen molar-refractivity contribution in [3.05, 3.63) is 0 Å². The maximum absolute atomic E-state index is 11.8. The van der Waals surface area contributed by atoms with Crippen LogP contribution in [0.5, 0.6) is 0 Å². The van der Waals surface area contributed by atoms with Gasteiger partial charge in [-0.3, -0.25) is 4.79 Å². The van der Waals surface area contributed by atoms with Gasteiger partial charge in [0.25, 0.3) is 10.2 Å². The second-order valence-corrected chi connectivity index (χ2v) is 6.25. The number of carbonyl (C=O) groups is 1. The Kier molecular flexibility index (Phi) is 5.35. The zero-order chi connectivity index (χ0) is 12.9. The summed E-state index contributed by atoms with van der Waals surface area (Å²) in [6, 6.07) is 0. The van der Waals surface area contributed by atoms with E-state index in [9.17, 15) is 13.2 Å². The quantitative estimate of drug-likeness (QED) is 0.697. The molecule has 17 heavy (non-hydrogen) atoms. The Balaban J connectivity index is 2.31. The minimum Gasteiger partial charge on any atom is -0.481 e. The van der Waals surface area contributed by atoms with Crippen LogP contribution in [0.4, 0.5) is 0 Å². The molecule has 1 fully saturated rings. The summed E-state index contributed by atoms with van der Waals surface area (Å²) in [7, 11) is -3.36. The van der Waals surface area contributed by atoms with Gasteiger partial charge in [0.05, 0.1) is 0 Å². The molecule has 0 radical (unpaired) electrons. The third kappa shape index (κ3) is 5.01. The molecule has 1 unspecified atom stereocenters. The molecule has 100 valence electrons. The average Bonchev–Trinajstić information content (AvgIpc) is 2.77. The third-order valence-corrected chi connectivity index (χ3v) is 4.45. The molecule has 2 N–H and O–H groups in total. The van der Waals surface area contributed by atoms with Gasteiger partial charge in [0.1, 0.15) is 0 Å². The summed E-state index contributed by atoms with van der Waals surface area (Å²) in [5, 5.41) is 8.52. The molecule has 0 aliphatic carbocycles. The van der Waals surface area contributed by atoms with Gasteiger partial charge < -0.3 is 5.11 Å². The molecule has 0 bridgehead atoms. The fourth-order valence-corrected chi connectivity index (χ4v) is 3.16. The summed E-state index contributed by atoms with van der Waals surface area (Å²) < 4.78 is 27.5. The van der Waals surface area contributed by atoms with Crippen molar-refractivity contribution in [2.24, 2.45) is 5.92 Å². The second kappa shape index (κ2) is 6.32. The highest BCUT2D eigenvalue weighted by atomic mass is 32.2. The topological polar surface area (TPSA) is 86.7 Å². The molecule has 0 amide bonds. The van der Waals surface area contributed by atoms with E-state index in [1.807, 2.05) is 6.92 Å². The van der Waals surface area contributed by atoms with Gasteiger partial charge in [-0.05, 0) is 25.2 Å². The van der Waals surface area contributed by atoms with Gasteiger partial charge in [0, 0.05) is 26.1 Å². The normalized spacial score (nSPS) is 19.4. The molecular formula is C10H20N2O4S. The predicted octanol–water partition coefficient (Wildman–Crippen LogP) is 0.418. The summed E-state index contributed by atoms with van der Waals surface area (Å²) in [6.45, 7) is 3.30. The van der Waals surface area contributed by atoms with E-state index in [-0.39, 0.29) is 12.3 Å². The number of carboxylic acids is 1. The fourth-order valence-electron chi connectivity index (χ4n) is 1.74. The van der Waals surface area contributed by atoms with Gasteiger partial charge >= 0.3 is 5.97 Å². The predicted molar refractivity (Wildman–Crippen MR) is 63.8 cm³/mol. The molecule has 1 aliphatic heterocycles. The number of aliphatic carboxylic acids is 1. The Morgan fingerprint density at radius 1 is 1.41 bits per heavy atom. The number of hydrogen-bond acceptors (Lipinski definition) is 3. The number of hydrogen-bond donors (Lipinski definition) is 2. The SMILES string of the molecule is CC(CCC(=O)O)CNS(=O)(=O)N1CCCC1. The van der Waals surface area contributed by atoms with E-state index in [4.69, 9.17) is 5.11 Å². The lowest BCUT2D eigenvalue weighted by Gasteiger charge is -2.18. The number of nitrogens with one attached hydrogen (secondary N) is 1. The third-order valence-electron chi connectivity index (χ3n) is 2.87. The number of nitrogens with zero attached hydrogens (tertiary/aromatic N) is 1. The van der Waals surface area contributed by atoms with Gasteiger partial charge in [-0.15, -0.1) is 0 Å². The first-order valence-electron chi connectivity index (χ1n) is 5.88. The van der Waals surface area contributed by atoms with Gasteiger partial charge in [0.2, 0.25) is 0 Å². The molecule has 6 nitrogen and oxygen atoms in total. The molecule has 0 aromatic heterocycles. The molecule has 7 heteroatoms. The first-order valence-corrected chi connectivity index (χ1v) is 7.32. The van der Waals surface area contributed by atoms with Gasteiger partial charge in [-0.1, -0.05) is 6.92 Å². The molecule has 0 spiro atoms. The van der Waals surface area contributed by atoms with Crippen molar-refractivity contribution in [3.8, 4) is 0 Å². The van der Waals surface area contributed by atoms with Crippen LogP contribution in [0.1, 0.15) is 32.6 Å². The van der Waals surface area contributed by atoms with Crippen molar-refractivity contribution in [3.63, 3.8) is 0 Å². The molecule has 0 aromatic rings. The molecule has 1 heterocycles. The van der Waals surface area contributed by atoms with Crippen molar-refractivity contribution in [2.75, 3.05) is 19.6 Å². The smallest absolute Gasteiger partial charge is 0.303 e. The van der Waals surface area contributed by atoms with E-state index in [1.165, 1.54) is 4.31 Å². The van der Waals surface area contributed by atoms with E-state index in [0.29, 0.717) is 26.1 Å². The van der Waals surface area contributed by atoms with Crippen molar-refractivity contribution in [1.82, 2.24) is 9.03 Å². The lowest BCUT2D eigenvalue weighted by atomic mass is 10.1. The summed E-state index contributed by atoms with van der Waals surface area (Å²) in [6.07, 6.45) is 2.38. The minimum atomic E-state index is -3.36. The fraction of sp³-hybridized carbons (Fsp3) is 0.900. The Bertz CT molecular complexity index is 349. The summed E-state index contributed by atoms with van der Waals surface area (Å²) in [4.78, 5) is 10.4. The summed E-state index contributed by atoms with van der Waals surface area (Å²) >= 11 is 0. The number of carboxylic acid groups (broad SMARTS) is 1. The molecule has 1 saturated heterocycles. The zero-order valence-electron chi connectivity index (χ0n) is 10.1. The Morgan fingerprint density at radius 3 is 2.53 bits per heavy atom. The maximum atomic E-state index is 11.8. The average molecular weight is 264 g/mol. The standard InChI is InChI=1S/C10H20N2O4S/c1-9(4-5-10(13)14)8-11-17(15,16)12-6-2-3-7-12/h9,11H,2-8H2,1H3,(H,13,14). The van der Waals surface area contributed by atoms with Crippen LogP contribution in [0.2, 0.25) is 0 Å². The second-order valence-electron chi connectivity index (χ2n) is 4.50. The maximum Gasteiger partial charge on any atom is 0.303 e. The number of rotatable bonds is 7. The van der Waals surface area contributed by atoms with Crippen LogP contribution < -0.4 is 4.72 Å². The van der Waals surface area contributed by atoms with Gasteiger partial charge in [-0.25, -0.2) is 4.72 Å². The van der Waals surface area contributed by atoms with Gasteiger partial charge in [0.15, 0.2) is 0 Å². The van der Waals surface area contributed by atoms with Crippen LogP contribution in [0, 0.1) is 5.92 Å². The van der Waals surface area contributed by atoms with Crippen LogP contribution in [0.25, 0.3) is 0 Å². The molecule has 1 rings (SSSR count). The van der Waals surface area contributed by atoms with Crippen molar-refractivity contribution in [2.45, 2.75) is 32.6 Å². The molecule has 0 aromatic carbocycles. The summed E-state index contributed by atoms with van der Waals surface area (Å²) in [5.74, 6) is -0.817. The Labute approximate surface area is 102 Å². The monoisotopic (exact) mass is 264 g/mol. The van der Waals surface area contributed by atoms with Crippen molar-refractivity contribution >= 4 is 16.2 Å². The molecular weight excluding hydrogens is 244 g/mol. The lowest BCUT2D eigenvalue weighted by molar-refractivity contribution is -0.137. The van der Waals surface area contributed by atoms with Gasteiger partial charge in [-0.2, -0.15) is 12.7 Å². The van der Waals surface area contributed by atoms with Crippen molar-refractivity contribution < 1.29 is 18.3 Å². The van der Waals surface area contributed by atoms with Crippen molar-refractivity contribution in [1.29, 1.82) is 0 Å². The van der Waals surface area contributed by atoms with Crippen LogP contribution in [-0.2, 0) is 15.0 Å². The molecule has 0 saturated carbocycles. The van der Waals surface area contributed by atoms with Crippen LogP contribution >= 0.6 is 0 Å². The van der Waals surface area contributed by atoms with Crippen LogP contribution in [0.15, 0.2) is 0 Å². The van der Waals surface area contributed by atoms with E-state index < -0.39 is 16.2 Å². The van der Waals surface area contributed by atoms with E-state index in [2.05, 4.69) is 4.72 Å². The van der Waals surface area contributed by atoms with Crippen LogP contribution in [-0.4, -0.2) is 43.4 Å². The minimum absolute atomic E-state index is 0.0310. The highest BCUT2D eigenvalue weighted by Crippen LogP contribution is 2.12. The largest absolute Gasteiger partial charge is 0.481 e. The zero-order valence-corrected chi connectivity index (χ0v) is 10.9. The Hall–Kier alpha value is -0.660. The first-order chi connectivity index (χ1) is 7.92. The summed E-state index contributed by atoms with van der Waals surface area (Å²) in [5.41, 5.74) is 0. The lowest BCUT2D eigenvalue weighted by Crippen LogP contribution is -2.40. The van der Waals surface area contributed by atoms with E-state index in [0.717, 1.165) is 12.8 Å². The highest BCUT2D eigenvalue weighted by Gasteiger charge is 2.25. The van der Waals surface area contributed by atoms with E-state index >= 15 is 0 Å². The first kappa shape index (κ1) is 14.4. The molecule has 1 atom stereocenters.